The standard InChI is InChI=1S/C17H11ClO5S/c18-10-3-1-2-9(6-10)13-5-4-11(23-13)7-14-16(21)12(8-15(19)20)17(22)24-14/h1-7,12H,8H2,(H,19,20). The number of ketones is 1. The number of halogens is 1. The quantitative estimate of drug-likeness (QED) is 0.656. The lowest BCUT2D eigenvalue weighted by Crippen LogP contribution is -2.18. The van der Waals surface area contributed by atoms with Crippen molar-refractivity contribution in [2.24, 2.45) is 5.92 Å². The fraction of sp³-hybridized carbons (Fsp3) is 0.118. The second-order valence-electron chi connectivity index (χ2n) is 5.16. The van der Waals surface area contributed by atoms with Gasteiger partial charge in [-0.1, -0.05) is 23.7 Å². The van der Waals surface area contributed by atoms with E-state index in [1.54, 1.807) is 30.3 Å². The van der Waals surface area contributed by atoms with Crippen molar-refractivity contribution >= 4 is 46.3 Å². The SMILES string of the molecule is O=C(O)CC1C(=O)SC(=Cc2ccc(-c3cccc(Cl)c3)o2)C1=O. The first-order chi connectivity index (χ1) is 11.4. The molecule has 0 spiro atoms. The summed E-state index contributed by atoms with van der Waals surface area (Å²) in [5.74, 6) is -1.79. The summed E-state index contributed by atoms with van der Waals surface area (Å²) < 4.78 is 5.66. The van der Waals surface area contributed by atoms with E-state index in [1.165, 1.54) is 6.08 Å². The van der Waals surface area contributed by atoms with E-state index in [9.17, 15) is 14.4 Å². The Kier molecular flexibility index (Phi) is 4.59. The van der Waals surface area contributed by atoms with E-state index in [0.717, 1.165) is 17.3 Å². The highest BCUT2D eigenvalue weighted by molar-refractivity contribution is 8.18. The molecule has 1 N–H and O–H groups in total. The smallest absolute Gasteiger partial charge is 0.304 e. The van der Waals surface area contributed by atoms with Crippen molar-refractivity contribution in [2.75, 3.05) is 0 Å². The van der Waals surface area contributed by atoms with Crippen LogP contribution in [0.25, 0.3) is 17.4 Å². The van der Waals surface area contributed by atoms with Gasteiger partial charge in [0.05, 0.1) is 11.3 Å². The zero-order chi connectivity index (χ0) is 17.3. The number of hydrogen-bond acceptors (Lipinski definition) is 5. The molecule has 122 valence electrons. The highest BCUT2D eigenvalue weighted by Gasteiger charge is 2.39. The topological polar surface area (TPSA) is 84.6 Å². The van der Waals surface area contributed by atoms with E-state index in [-0.39, 0.29) is 4.91 Å². The van der Waals surface area contributed by atoms with Crippen molar-refractivity contribution < 1.29 is 23.9 Å². The first kappa shape index (κ1) is 16.5. The number of benzene rings is 1. The van der Waals surface area contributed by atoms with Crippen molar-refractivity contribution in [3.8, 4) is 11.3 Å². The highest BCUT2D eigenvalue weighted by Crippen LogP contribution is 2.37. The van der Waals surface area contributed by atoms with E-state index in [1.807, 2.05) is 6.07 Å². The van der Waals surface area contributed by atoms with E-state index in [4.69, 9.17) is 21.1 Å². The summed E-state index contributed by atoms with van der Waals surface area (Å²) in [7, 11) is 0. The minimum Gasteiger partial charge on any atom is -0.481 e. The summed E-state index contributed by atoms with van der Waals surface area (Å²) in [6.45, 7) is 0. The molecule has 2 aromatic rings. The van der Waals surface area contributed by atoms with Crippen LogP contribution in [0.4, 0.5) is 0 Å². The summed E-state index contributed by atoms with van der Waals surface area (Å²) in [5, 5.41) is 8.90. The molecule has 5 nitrogen and oxygen atoms in total. The van der Waals surface area contributed by atoms with E-state index >= 15 is 0 Å². The van der Waals surface area contributed by atoms with Crippen molar-refractivity contribution in [1.82, 2.24) is 0 Å². The van der Waals surface area contributed by atoms with Crippen LogP contribution in [0, 0.1) is 5.92 Å². The molecule has 1 aromatic carbocycles. The van der Waals surface area contributed by atoms with Gasteiger partial charge in [-0.25, -0.2) is 0 Å². The third-order valence-electron chi connectivity index (χ3n) is 3.44. The number of carbonyl (C=O) groups is 3. The van der Waals surface area contributed by atoms with Crippen molar-refractivity contribution in [3.63, 3.8) is 0 Å². The van der Waals surface area contributed by atoms with Crippen LogP contribution in [0.1, 0.15) is 12.2 Å². The highest BCUT2D eigenvalue weighted by atomic mass is 35.5. The summed E-state index contributed by atoms with van der Waals surface area (Å²) in [6.07, 6.45) is 0.967. The molecule has 1 unspecified atom stereocenters. The fourth-order valence-corrected chi connectivity index (χ4v) is 3.47. The molecule has 0 saturated carbocycles. The number of furan rings is 1. The zero-order valence-corrected chi connectivity index (χ0v) is 13.8. The summed E-state index contributed by atoms with van der Waals surface area (Å²) in [5.41, 5.74) is 0.789. The van der Waals surface area contributed by atoms with Gasteiger partial charge in [-0.05, 0) is 42.1 Å². The van der Waals surface area contributed by atoms with Crippen LogP contribution in [0.5, 0.6) is 0 Å². The van der Waals surface area contributed by atoms with E-state index in [0.29, 0.717) is 16.5 Å². The Labute approximate surface area is 146 Å². The van der Waals surface area contributed by atoms with Gasteiger partial charge in [0, 0.05) is 10.6 Å². The number of allylic oxidation sites excluding steroid dienone is 1. The Bertz CT molecular complexity index is 867. The lowest BCUT2D eigenvalue weighted by Gasteiger charge is -1.99. The molecule has 2 heterocycles. The number of rotatable bonds is 4. The molecular formula is C17H11ClO5S. The molecule has 0 radical (unpaired) electrons. The predicted octanol–water partition coefficient (Wildman–Crippen LogP) is 3.87. The Morgan fingerprint density at radius 2 is 2.08 bits per heavy atom. The average Bonchev–Trinajstić information content (AvgIpc) is 3.08. The largest absolute Gasteiger partial charge is 0.481 e. The van der Waals surface area contributed by atoms with E-state index in [2.05, 4.69) is 0 Å². The third kappa shape index (κ3) is 3.44. The van der Waals surface area contributed by atoms with Crippen LogP contribution in [0.15, 0.2) is 45.7 Å². The van der Waals surface area contributed by atoms with Crippen LogP contribution >= 0.6 is 23.4 Å². The fourth-order valence-electron chi connectivity index (χ4n) is 2.32. The molecule has 0 aliphatic carbocycles. The second-order valence-corrected chi connectivity index (χ2v) is 6.64. The predicted molar refractivity (Wildman–Crippen MR) is 90.5 cm³/mol. The summed E-state index contributed by atoms with van der Waals surface area (Å²) in [6, 6.07) is 10.5. The molecule has 1 aliphatic heterocycles. The number of carbonyl (C=O) groups excluding carboxylic acids is 2. The Hall–Kier alpha value is -2.31. The van der Waals surface area contributed by atoms with Crippen molar-refractivity contribution in [3.05, 3.63) is 52.1 Å². The zero-order valence-electron chi connectivity index (χ0n) is 12.2. The molecular weight excluding hydrogens is 352 g/mol. The second kappa shape index (κ2) is 6.67. The van der Waals surface area contributed by atoms with Gasteiger partial charge in [0.15, 0.2) is 5.78 Å². The molecule has 7 heteroatoms. The monoisotopic (exact) mass is 362 g/mol. The minimum atomic E-state index is -1.18. The van der Waals surface area contributed by atoms with Gasteiger partial charge in [-0.2, -0.15) is 0 Å². The minimum absolute atomic E-state index is 0.193. The maximum atomic E-state index is 12.1. The van der Waals surface area contributed by atoms with E-state index < -0.39 is 29.2 Å². The lowest BCUT2D eigenvalue weighted by molar-refractivity contribution is -0.141. The van der Waals surface area contributed by atoms with Crippen LogP contribution in [-0.4, -0.2) is 22.0 Å². The van der Waals surface area contributed by atoms with Crippen molar-refractivity contribution in [2.45, 2.75) is 6.42 Å². The van der Waals surface area contributed by atoms with Gasteiger partial charge >= 0.3 is 5.97 Å². The van der Waals surface area contributed by atoms with Crippen molar-refractivity contribution in [1.29, 1.82) is 0 Å². The summed E-state index contributed by atoms with van der Waals surface area (Å²) in [4.78, 5) is 34.9. The molecule has 1 fully saturated rings. The maximum Gasteiger partial charge on any atom is 0.304 e. The molecule has 24 heavy (non-hydrogen) atoms. The number of carboxylic acids is 1. The number of hydrogen-bond donors (Lipinski definition) is 1. The Morgan fingerprint density at radius 3 is 2.79 bits per heavy atom. The molecule has 1 aromatic heterocycles. The first-order valence-electron chi connectivity index (χ1n) is 6.99. The van der Waals surface area contributed by atoms with Crippen LogP contribution in [-0.2, 0) is 14.4 Å². The van der Waals surface area contributed by atoms with Crippen LogP contribution < -0.4 is 0 Å². The number of thioether (sulfide) groups is 1. The van der Waals surface area contributed by atoms with Gasteiger partial charge in [-0.15, -0.1) is 0 Å². The molecule has 1 aliphatic rings. The molecule has 3 rings (SSSR count). The Morgan fingerprint density at radius 1 is 1.29 bits per heavy atom. The van der Waals surface area contributed by atoms with Crippen LogP contribution in [0.3, 0.4) is 0 Å². The number of aliphatic carboxylic acids is 1. The van der Waals surface area contributed by atoms with Gasteiger partial charge in [0.1, 0.15) is 17.4 Å². The van der Waals surface area contributed by atoms with Gasteiger partial charge in [0.2, 0.25) is 5.12 Å². The molecule has 1 saturated heterocycles. The van der Waals surface area contributed by atoms with Gasteiger partial charge < -0.3 is 9.52 Å². The van der Waals surface area contributed by atoms with Gasteiger partial charge in [0.25, 0.3) is 0 Å². The average molecular weight is 363 g/mol. The molecule has 0 amide bonds. The van der Waals surface area contributed by atoms with Gasteiger partial charge in [-0.3, -0.25) is 14.4 Å². The maximum absolute atomic E-state index is 12.1. The molecule has 1 atom stereocenters. The van der Waals surface area contributed by atoms with Crippen LogP contribution in [0.2, 0.25) is 5.02 Å². The first-order valence-corrected chi connectivity index (χ1v) is 8.18. The number of Topliss-reactive ketones (excluding diaryl/α,β-unsaturated/α-hetero) is 1. The summed E-state index contributed by atoms with van der Waals surface area (Å²) >= 11 is 6.70. The third-order valence-corrected chi connectivity index (χ3v) is 4.70. The molecule has 0 bridgehead atoms. The Balaban J connectivity index is 1.84. The normalized spacial score (nSPS) is 19.2. The lowest BCUT2D eigenvalue weighted by atomic mass is 10.0. The number of carboxylic acid groups (broad SMARTS) is 1.